The van der Waals surface area contributed by atoms with Gasteiger partial charge in [-0.2, -0.15) is 0 Å². The van der Waals surface area contributed by atoms with Gasteiger partial charge in [0.2, 0.25) is 0 Å². The quantitative estimate of drug-likeness (QED) is 0.608. The van der Waals surface area contributed by atoms with Crippen molar-refractivity contribution >= 4 is 22.6 Å². The number of non-ortho nitro benzene ring substituents is 1. The Hall–Kier alpha value is -1.60. The van der Waals surface area contributed by atoms with E-state index in [9.17, 15) is 20.0 Å². The molecule has 0 bridgehead atoms. The molecular formula is C12H15NO5S. The first kappa shape index (κ1) is 15.5. The lowest BCUT2D eigenvalue weighted by Gasteiger charge is -2.10. The molecule has 0 amide bonds. The zero-order chi connectivity index (χ0) is 14.3. The van der Waals surface area contributed by atoms with Crippen LogP contribution in [0.15, 0.2) is 24.3 Å². The minimum absolute atomic E-state index is 0.00485. The van der Waals surface area contributed by atoms with E-state index in [2.05, 4.69) is 0 Å². The molecule has 1 N–H and O–H groups in total. The Morgan fingerprint density at radius 3 is 2.63 bits per heavy atom. The highest BCUT2D eigenvalue weighted by atomic mass is 32.2. The van der Waals surface area contributed by atoms with Crippen molar-refractivity contribution in [2.24, 2.45) is 0 Å². The molecule has 1 atom stereocenters. The second-order valence-corrected chi connectivity index (χ2v) is 5.04. The molecule has 0 aliphatic carbocycles. The molecule has 0 aromatic heterocycles. The van der Waals surface area contributed by atoms with Gasteiger partial charge in [-0.05, 0) is 12.1 Å². The number of carbonyl (C=O) groups excluding carboxylic acids is 1. The minimum atomic E-state index is -0.605. The second-order valence-electron chi connectivity index (χ2n) is 3.84. The summed E-state index contributed by atoms with van der Waals surface area (Å²) in [5, 5.41) is 20.0. The Morgan fingerprint density at radius 2 is 2.11 bits per heavy atom. The molecule has 7 heteroatoms. The van der Waals surface area contributed by atoms with E-state index in [-0.39, 0.29) is 17.4 Å². The Labute approximate surface area is 114 Å². The van der Waals surface area contributed by atoms with Crippen LogP contribution >= 0.6 is 11.8 Å². The van der Waals surface area contributed by atoms with Gasteiger partial charge in [-0.3, -0.25) is 14.9 Å². The summed E-state index contributed by atoms with van der Waals surface area (Å²) in [6.07, 6.45) is -0.205. The smallest absolute Gasteiger partial charge is 0.269 e. The van der Waals surface area contributed by atoms with Crippen molar-refractivity contribution in [3.05, 3.63) is 34.4 Å². The molecule has 19 heavy (non-hydrogen) atoms. The van der Waals surface area contributed by atoms with Crippen LogP contribution < -0.4 is 4.74 Å². The summed E-state index contributed by atoms with van der Waals surface area (Å²) >= 11 is 1.07. The van der Waals surface area contributed by atoms with Crippen LogP contribution in [0.4, 0.5) is 5.69 Å². The zero-order valence-electron chi connectivity index (χ0n) is 10.4. The number of aliphatic hydroxyl groups excluding tert-OH is 1. The van der Waals surface area contributed by atoms with Gasteiger partial charge >= 0.3 is 0 Å². The van der Waals surface area contributed by atoms with Gasteiger partial charge in [0.15, 0.2) is 5.12 Å². The SMILES string of the molecule is CC(=O)SCC(O)CCOc1ccc([N+](=O)[O-])cc1. The van der Waals surface area contributed by atoms with E-state index < -0.39 is 11.0 Å². The summed E-state index contributed by atoms with van der Waals surface area (Å²) in [4.78, 5) is 20.7. The number of hydrogen-bond acceptors (Lipinski definition) is 6. The molecule has 0 spiro atoms. The maximum absolute atomic E-state index is 10.7. The maximum Gasteiger partial charge on any atom is 0.269 e. The fraction of sp³-hybridized carbons (Fsp3) is 0.417. The minimum Gasteiger partial charge on any atom is -0.493 e. The average Bonchev–Trinajstić information content (AvgIpc) is 2.37. The third-order valence-corrected chi connectivity index (χ3v) is 3.20. The largest absolute Gasteiger partial charge is 0.493 e. The molecule has 1 rings (SSSR count). The van der Waals surface area contributed by atoms with Crippen LogP contribution in [0.25, 0.3) is 0 Å². The van der Waals surface area contributed by atoms with Crippen LogP contribution in [0, 0.1) is 10.1 Å². The Bertz CT molecular complexity index is 434. The lowest BCUT2D eigenvalue weighted by molar-refractivity contribution is -0.384. The number of nitrogens with zero attached hydrogens (tertiary/aromatic N) is 1. The highest BCUT2D eigenvalue weighted by Gasteiger charge is 2.08. The summed E-state index contributed by atoms with van der Waals surface area (Å²) in [6, 6.07) is 5.73. The standard InChI is InChI=1S/C12H15NO5S/c1-9(14)19-8-11(15)6-7-18-12-4-2-10(3-5-12)13(16)17/h2-5,11,15H,6-8H2,1H3. The van der Waals surface area contributed by atoms with E-state index in [0.717, 1.165) is 11.8 Å². The average molecular weight is 285 g/mol. The highest BCUT2D eigenvalue weighted by Crippen LogP contribution is 2.17. The first-order chi connectivity index (χ1) is 8.99. The van der Waals surface area contributed by atoms with Gasteiger partial charge in [-0.15, -0.1) is 0 Å². The number of aliphatic hydroxyl groups is 1. The fourth-order valence-corrected chi connectivity index (χ4v) is 1.87. The lowest BCUT2D eigenvalue weighted by atomic mass is 10.3. The predicted molar refractivity (Wildman–Crippen MR) is 72.4 cm³/mol. The van der Waals surface area contributed by atoms with Crippen molar-refractivity contribution in [1.29, 1.82) is 0 Å². The van der Waals surface area contributed by atoms with E-state index >= 15 is 0 Å². The Kier molecular flexibility index (Phi) is 6.31. The van der Waals surface area contributed by atoms with Crippen molar-refractivity contribution in [3.8, 4) is 5.75 Å². The summed E-state index contributed by atoms with van der Waals surface area (Å²) < 4.78 is 5.34. The number of benzene rings is 1. The van der Waals surface area contributed by atoms with Gasteiger partial charge in [0.1, 0.15) is 5.75 Å². The molecule has 1 unspecified atom stereocenters. The van der Waals surface area contributed by atoms with Crippen molar-refractivity contribution in [1.82, 2.24) is 0 Å². The topological polar surface area (TPSA) is 89.7 Å². The molecule has 0 heterocycles. The second kappa shape index (κ2) is 7.75. The van der Waals surface area contributed by atoms with Gasteiger partial charge in [0.05, 0.1) is 17.6 Å². The first-order valence-electron chi connectivity index (χ1n) is 5.67. The van der Waals surface area contributed by atoms with E-state index in [0.29, 0.717) is 17.9 Å². The van der Waals surface area contributed by atoms with Crippen molar-refractivity contribution < 1.29 is 19.6 Å². The van der Waals surface area contributed by atoms with Crippen molar-refractivity contribution in [2.45, 2.75) is 19.4 Å². The number of ether oxygens (including phenoxy) is 1. The summed E-state index contributed by atoms with van der Waals surface area (Å²) in [5.74, 6) is 0.857. The number of nitro benzene ring substituents is 1. The predicted octanol–water partition coefficient (Wildman–Crippen LogP) is 2.00. The Balaban J connectivity index is 2.29. The number of hydrogen-bond donors (Lipinski definition) is 1. The van der Waals surface area contributed by atoms with E-state index in [1.165, 1.54) is 31.2 Å². The maximum atomic E-state index is 10.7. The molecule has 0 aliphatic rings. The summed E-state index contributed by atoms with van der Waals surface area (Å²) in [6.45, 7) is 1.74. The van der Waals surface area contributed by atoms with Gasteiger partial charge in [0, 0.05) is 31.2 Å². The van der Waals surface area contributed by atoms with Crippen LogP contribution in [0.3, 0.4) is 0 Å². The normalized spacial score (nSPS) is 11.9. The monoisotopic (exact) mass is 285 g/mol. The zero-order valence-corrected chi connectivity index (χ0v) is 11.3. The van der Waals surface area contributed by atoms with Crippen LogP contribution in [0.1, 0.15) is 13.3 Å². The first-order valence-corrected chi connectivity index (χ1v) is 6.66. The Morgan fingerprint density at radius 1 is 1.47 bits per heavy atom. The molecule has 1 aromatic rings. The molecule has 0 saturated carbocycles. The highest BCUT2D eigenvalue weighted by molar-refractivity contribution is 8.13. The third kappa shape index (κ3) is 6.21. The van der Waals surface area contributed by atoms with Crippen LogP contribution in [0.5, 0.6) is 5.75 Å². The van der Waals surface area contributed by atoms with Crippen LogP contribution in [-0.4, -0.2) is 33.6 Å². The number of rotatable bonds is 7. The van der Waals surface area contributed by atoms with E-state index in [1.54, 1.807) is 0 Å². The lowest BCUT2D eigenvalue weighted by Crippen LogP contribution is -2.15. The van der Waals surface area contributed by atoms with Crippen LogP contribution in [-0.2, 0) is 4.79 Å². The van der Waals surface area contributed by atoms with E-state index in [4.69, 9.17) is 4.74 Å². The number of nitro groups is 1. The fourth-order valence-electron chi connectivity index (χ4n) is 1.27. The molecule has 6 nitrogen and oxygen atoms in total. The third-order valence-electron chi connectivity index (χ3n) is 2.25. The molecule has 0 aliphatic heterocycles. The molecular weight excluding hydrogens is 270 g/mol. The molecule has 0 saturated heterocycles. The van der Waals surface area contributed by atoms with E-state index in [1.807, 2.05) is 0 Å². The van der Waals surface area contributed by atoms with Gasteiger partial charge in [-0.25, -0.2) is 0 Å². The van der Waals surface area contributed by atoms with Gasteiger partial charge < -0.3 is 9.84 Å². The van der Waals surface area contributed by atoms with Crippen LogP contribution in [0.2, 0.25) is 0 Å². The van der Waals surface area contributed by atoms with Crippen molar-refractivity contribution in [3.63, 3.8) is 0 Å². The molecule has 104 valence electrons. The van der Waals surface area contributed by atoms with Gasteiger partial charge in [-0.1, -0.05) is 11.8 Å². The number of thioether (sulfide) groups is 1. The van der Waals surface area contributed by atoms with Gasteiger partial charge in [0.25, 0.3) is 5.69 Å². The molecule has 0 fully saturated rings. The molecule has 0 radical (unpaired) electrons. The molecule has 1 aromatic carbocycles. The summed E-state index contributed by atoms with van der Waals surface area (Å²) in [5.41, 5.74) is 0.00485. The summed E-state index contributed by atoms with van der Waals surface area (Å²) in [7, 11) is 0. The number of carbonyl (C=O) groups is 1. The van der Waals surface area contributed by atoms with Crippen molar-refractivity contribution in [2.75, 3.05) is 12.4 Å².